The lowest BCUT2D eigenvalue weighted by Gasteiger charge is -2.07. The number of unbranched alkanes of at least 4 members (excludes halogenated alkanes) is 3. The maximum Gasteiger partial charge on any atom is 0.411 e. The van der Waals surface area contributed by atoms with Crippen LogP contribution in [0.4, 0.5) is 10.5 Å². The van der Waals surface area contributed by atoms with E-state index in [1.165, 1.54) is 0 Å². The monoisotopic (exact) mass is 269 g/mol. The number of ether oxygens (including phenoxy) is 1. The molecule has 0 aromatic heterocycles. The molecular weight excluding hydrogens is 250 g/mol. The van der Waals surface area contributed by atoms with E-state index in [1.807, 2.05) is 31.2 Å². The van der Waals surface area contributed by atoms with E-state index < -0.39 is 6.09 Å². The number of hydrogen-bond acceptors (Lipinski definition) is 2. The van der Waals surface area contributed by atoms with E-state index in [9.17, 15) is 4.79 Å². The van der Waals surface area contributed by atoms with Crippen LogP contribution >= 0.6 is 11.6 Å². The van der Waals surface area contributed by atoms with Crippen molar-refractivity contribution in [1.29, 1.82) is 0 Å². The molecule has 0 spiro atoms. The molecule has 1 N–H and O–H groups in total. The summed E-state index contributed by atoms with van der Waals surface area (Å²) in [6.45, 7) is 2.46. The highest BCUT2D eigenvalue weighted by molar-refractivity contribution is 6.17. The molecule has 0 heterocycles. The largest absolute Gasteiger partial charge is 0.449 e. The number of alkyl halides is 1. The van der Waals surface area contributed by atoms with Crippen LogP contribution in [0, 0.1) is 6.92 Å². The molecule has 3 nitrogen and oxygen atoms in total. The van der Waals surface area contributed by atoms with Gasteiger partial charge < -0.3 is 4.74 Å². The highest BCUT2D eigenvalue weighted by atomic mass is 35.5. The zero-order valence-electron chi connectivity index (χ0n) is 10.7. The topological polar surface area (TPSA) is 38.3 Å². The maximum absolute atomic E-state index is 11.4. The van der Waals surface area contributed by atoms with Crippen LogP contribution in [0.25, 0.3) is 0 Å². The molecule has 0 fully saturated rings. The van der Waals surface area contributed by atoms with Gasteiger partial charge in [-0.25, -0.2) is 4.79 Å². The Morgan fingerprint density at radius 2 is 1.83 bits per heavy atom. The Morgan fingerprint density at radius 3 is 2.50 bits per heavy atom. The Balaban J connectivity index is 2.12. The molecule has 4 heteroatoms. The molecule has 0 saturated heterocycles. The second-order valence-corrected chi connectivity index (χ2v) is 4.61. The van der Waals surface area contributed by atoms with Crippen LogP contribution in [0.15, 0.2) is 24.3 Å². The van der Waals surface area contributed by atoms with Crippen LogP contribution in [-0.2, 0) is 4.74 Å². The summed E-state index contributed by atoms with van der Waals surface area (Å²) in [7, 11) is 0. The standard InChI is InChI=1S/C14H20ClNO2/c1-12-6-8-13(9-7-12)16-14(17)18-11-5-3-2-4-10-15/h6-9H,2-5,10-11H2,1H3,(H,16,17). The van der Waals surface area contributed by atoms with Crippen molar-refractivity contribution in [1.82, 2.24) is 0 Å². The Hall–Kier alpha value is -1.22. The summed E-state index contributed by atoms with van der Waals surface area (Å²) in [6.07, 6.45) is 3.66. The van der Waals surface area contributed by atoms with E-state index in [2.05, 4.69) is 5.32 Å². The van der Waals surface area contributed by atoms with Gasteiger partial charge in [-0.05, 0) is 31.9 Å². The van der Waals surface area contributed by atoms with Crippen molar-refractivity contribution in [3.63, 3.8) is 0 Å². The summed E-state index contributed by atoms with van der Waals surface area (Å²) in [5.74, 6) is 0.703. The SMILES string of the molecule is Cc1ccc(NC(=O)OCCCCCCCl)cc1. The molecule has 1 amide bonds. The Bertz CT molecular complexity index is 351. The Morgan fingerprint density at radius 1 is 1.17 bits per heavy atom. The predicted octanol–water partition coefficient (Wildman–Crippen LogP) is 4.34. The summed E-state index contributed by atoms with van der Waals surface area (Å²) >= 11 is 5.57. The quantitative estimate of drug-likeness (QED) is 0.591. The van der Waals surface area contributed by atoms with Gasteiger partial charge in [0, 0.05) is 11.6 Å². The third kappa shape index (κ3) is 6.50. The fraction of sp³-hybridized carbons (Fsp3) is 0.500. The number of rotatable bonds is 7. The number of anilines is 1. The van der Waals surface area contributed by atoms with Crippen molar-refractivity contribution in [2.45, 2.75) is 32.6 Å². The average Bonchev–Trinajstić information content (AvgIpc) is 2.36. The molecule has 0 aliphatic carbocycles. The Labute approximate surface area is 113 Å². The molecule has 18 heavy (non-hydrogen) atoms. The Kier molecular flexibility index (Phi) is 7.26. The number of hydrogen-bond donors (Lipinski definition) is 1. The van der Waals surface area contributed by atoms with Gasteiger partial charge in [0.2, 0.25) is 0 Å². The summed E-state index contributed by atoms with van der Waals surface area (Å²) < 4.78 is 5.07. The molecule has 0 unspecified atom stereocenters. The van der Waals surface area contributed by atoms with E-state index in [4.69, 9.17) is 16.3 Å². The highest BCUT2D eigenvalue weighted by Gasteiger charge is 2.02. The molecule has 0 atom stereocenters. The smallest absolute Gasteiger partial charge is 0.411 e. The molecule has 0 aliphatic heterocycles. The molecule has 0 saturated carbocycles. The zero-order valence-corrected chi connectivity index (χ0v) is 11.5. The van der Waals surface area contributed by atoms with E-state index in [0.29, 0.717) is 12.5 Å². The van der Waals surface area contributed by atoms with E-state index in [0.717, 1.165) is 36.9 Å². The third-order valence-electron chi connectivity index (χ3n) is 2.56. The van der Waals surface area contributed by atoms with Crippen LogP contribution in [0.1, 0.15) is 31.2 Å². The first-order valence-corrected chi connectivity index (χ1v) is 6.82. The van der Waals surface area contributed by atoms with Crippen LogP contribution in [-0.4, -0.2) is 18.6 Å². The lowest BCUT2D eigenvalue weighted by molar-refractivity contribution is 0.159. The van der Waals surface area contributed by atoms with Crippen LogP contribution in [0.2, 0.25) is 0 Å². The predicted molar refractivity (Wildman–Crippen MR) is 75.3 cm³/mol. The zero-order chi connectivity index (χ0) is 13.2. The van der Waals surface area contributed by atoms with Crippen molar-refractivity contribution in [2.75, 3.05) is 17.8 Å². The third-order valence-corrected chi connectivity index (χ3v) is 2.83. The number of carbonyl (C=O) groups excluding carboxylic acids is 1. The first kappa shape index (κ1) is 14.8. The summed E-state index contributed by atoms with van der Waals surface area (Å²) in [5.41, 5.74) is 1.92. The van der Waals surface area contributed by atoms with Gasteiger partial charge in [0.1, 0.15) is 0 Å². The van der Waals surface area contributed by atoms with Gasteiger partial charge in [-0.3, -0.25) is 5.32 Å². The van der Waals surface area contributed by atoms with Crippen LogP contribution < -0.4 is 5.32 Å². The normalized spacial score (nSPS) is 10.1. The fourth-order valence-corrected chi connectivity index (χ4v) is 1.69. The average molecular weight is 270 g/mol. The van der Waals surface area contributed by atoms with Crippen molar-refractivity contribution < 1.29 is 9.53 Å². The van der Waals surface area contributed by atoms with E-state index >= 15 is 0 Å². The molecular formula is C14H20ClNO2. The lowest BCUT2D eigenvalue weighted by Crippen LogP contribution is -2.14. The second kappa shape index (κ2) is 8.81. The summed E-state index contributed by atoms with van der Waals surface area (Å²) in [4.78, 5) is 11.4. The maximum atomic E-state index is 11.4. The van der Waals surface area contributed by atoms with Crippen LogP contribution in [0.3, 0.4) is 0 Å². The minimum atomic E-state index is -0.392. The minimum absolute atomic E-state index is 0.392. The molecule has 0 bridgehead atoms. The van der Waals surface area contributed by atoms with Gasteiger partial charge in [-0.1, -0.05) is 30.5 Å². The summed E-state index contributed by atoms with van der Waals surface area (Å²) in [5, 5.41) is 2.69. The number of carbonyl (C=O) groups is 1. The van der Waals surface area contributed by atoms with Crippen molar-refractivity contribution in [3.05, 3.63) is 29.8 Å². The molecule has 100 valence electrons. The first-order valence-electron chi connectivity index (χ1n) is 6.29. The van der Waals surface area contributed by atoms with E-state index in [-0.39, 0.29) is 0 Å². The molecule has 1 aromatic carbocycles. The van der Waals surface area contributed by atoms with Crippen LogP contribution in [0.5, 0.6) is 0 Å². The molecule has 0 radical (unpaired) electrons. The minimum Gasteiger partial charge on any atom is -0.449 e. The lowest BCUT2D eigenvalue weighted by atomic mass is 10.2. The van der Waals surface area contributed by atoms with Crippen molar-refractivity contribution in [2.24, 2.45) is 0 Å². The molecule has 1 rings (SSSR count). The van der Waals surface area contributed by atoms with Crippen molar-refractivity contribution in [3.8, 4) is 0 Å². The van der Waals surface area contributed by atoms with Gasteiger partial charge in [-0.2, -0.15) is 0 Å². The first-order chi connectivity index (χ1) is 8.72. The molecule has 1 aromatic rings. The van der Waals surface area contributed by atoms with Gasteiger partial charge in [0.25, 0.3) is 0 Å². The van der Waals surface area contributed by atoms with Gasteiger partial charge >= 0.3 is 6.09 Å². The number of nitrogens with one attached hydrogen (secondary N) is 1. The van der Waals surface area contributed by atoms with Crippen molar-refractivity contribution >= 4 is 23.4 Å². The number of halogens is 1. The van der Waals surface area contributed by atoms with Gasteiger partial charge in [-0.15, -0.1) is 11.6 Å². The van der Waals surface area contributed by atoms with Gasteiger partial charge in [0.15, 0.2) is 0 Å². The fourth-order valence-electron chi connectivity index (χ4n) is 1.51. The number of benzene rings is 1. The number of amides is 1. The van der Waals surface area contributed by atoms with Gasteiger partial charge in [0.05, 0.1) is 6.61 Å². The summed E-state index contributed by atoms with van der Waals surface area (Å²) in [6, 6.07) is 7.61. The second-order valence-electron chi connectivity index (χ2n) is 4.23. The number of aryl methyl sites for hydroxylation is 1. The highest BCUT2D eigenvalue weighted by Crippen LogP contribution is 2.09. The van der Waals surface area contributed by atoms with E-state index in [1.54, 1.807) is 0 Å². The molecule has 0 aliphatic rings.